The second-order valence-electron chi connectivity index (χ2n) is 7.11. The maximum Gasteiger partial charge on any atom is 0.316 e. The van der Waals surface area contributed by atoms with E-state index < -0.39 is 20.6 Å². The molecule has 1 aliphatic carbocycles. The minimum absolute atomic E-state index is 0.0422. The number of nitrogens with one attached hydrogen (secondary N) is 1. The van der Waals surface area contributed by atoms with Gasteiger partial charge in [0.1, 0.15) is 10.6 Å². The van der Waals surface area contributed by atoms with E-state index in [1.54, 1.807) is 31.2 Å². The molecule has 1 heterocycles. The fourth-order valence-electron chi connectivity index (χ4n) is 3.07. The van der Waals surface area contributed by atoms with Crippen molar-refractivity contribution in [3.05, 3.63) is 48.3 Å². The number of nitrogen functional groups attached to an aromatic ring is 1. The van der Waals surface area contributed by atoms with Gasteiger partial charge >= 0.3 is 6.03 Å². The number of thioether (sulfide) groups is 1. The number of aromatic nitrogens is 2. The summed E-state index contributed by atoms with van der Waals surface area (Å²) in [7, 11) is -3.79. The zero-order chi connectivity index (χ0) is 22.8. The zero-order valence-electron chi connectivity index (χ0n) is 17.3. The number of hydrogen-bond donors (Lipinski definition) is 3. The van der Waals surface area contributed by atoms with Gasteiger partial charge in [0.15, 0.2) is 10.2 Å². The highest BCUT2D eigenvalue weighted by atomic mass is 32.3. The Hall–Kier alpha value is -2.92. The Labute approximate surface area is 185 Å². The molecule has 11 heteroatoms. The van der Waals surface area contributed by atoms with Crippen molar-refractivity contribution >= 4 is 43.5 Å². The molecular formula is C20H24N6O3S2. The summed E-state index contributed by atoms with van der Waals surface area (Å²) in [5.41, 5.74) is 13.0. The number of urea groups is 1. The van der Waals surface area contributed by atoms with E-state index in [9.17, 15) is 13.2 Å². The van der Waals surface area contributed by atoms with E-state index in [1.165, 1.54) is 17.8 Å². The van der Waals surface area contributed by atoms with Gasteiger partial charge in [-0.05, 0) is 49.8 Å². The monoisotopic (exact) mass is 460 g/mol. The van der Waals surface area contributed by atoms with Gasteiger partial charge in [-0.2, -0.15) is 0 Å². The first-order chi connectivity index (χ1) is 14.6. The van der Waals surface area contributed by atoms with Crippen molar-refractivity contribution in [3.63, 3.8) is 0 Å². The molecule has 1 aromatic carbocycles. The van der Waals surface area contributed by atoms with E-state index in [4.69, 9.17) is 11.5 Å². The lowest BCUT2D eigenvalue weighted by Crippen LogP contribution is -2.28. The summed E-state index contributed by atoms with van der Waals surface area (Å²) >= 11 is 1.17. The number of amides is 2. The Balaban J connectivity index is 2.03. The van der Waals surface area contributed by atoms with Gasteiger partial charge in [-0.25, -0.2) is 28.2 Å². The molecule has 0 bridgehead atoms. The van der Waals surface area contributed by atoms with Crippen LogP contribution in [0.2, 0.25) is 0 Å². The van der Waals surface area contributed by atoms with Crippen molar-refractivity contribution in [2.75, 3.05) is 16.8 Å². The number of anilines is 2. The molecule has 3 rings (SSSR count). The lowest BCUT2D eigenvalue weighted by Gasteiger charge is -2.18. The number of carbonyl (C=O) groups excluding carboxylic acids is 1. The number of hydrogen-bond acceptors (Lipinski definition) is 8. The number of nitrogens with zero attached hydrogens (tertiary/aromatic N) is 3. The Morgan fingerprint density at radius 1 is 1.29 bits per heavy atom. The minimum Gasteiger partial charge on any atom is -0.384 e. The normalized spacial score (nSPS) is 15.4. The molecule has 31 heavy (non-hydrogen) atoms. The maximum absolute atomic E-state index is 13.5. The molecule has 0 spiro atoms. The van der Waals surface area contributed by atoms with E-state index in [2.05, 4.69) is 26.9 Å². The van der Waals surface area contributed by atoms with Crippen molar-refractivity contribution in [1.82, 2.24) is 9.97 Å². The van der Waals surface area contributed by atoms with Gasteiger partial charge in [0, 0.05) is 23.0 Å². The van der Waals surface area contributed by atoms with Crippen LogP contribution in [0, 0.1) is 0 Å². The number of benzene rings is 1. The molecule has 2 aromatic rings. The quantitative estimate of drug-likeness (QED) is 0.441. The number of carbonyl (C=O) groups is 1. The van der Waals surface area contributed by atoms with Gasteiger partial charge in [0.25, 0.3) is 0 Å². The maximum atomic E-state index is 13.5. The van der Waals surface area contributed by atoms with Crippen molar-refractivity contribution in [2.24, 2.45) is 10.7 Å². The van der Waals surface area contributed by atoms with E-state index >= 15 is 0 Å². The molecule has 5 N–H and O–H groups in total. The highest BCUT2D eigenvalue weighted by Gasteiger charge is 2.59. The van der Waals surface area contributed by atoms with Gasteiger partial charge in [-0.15, -0.1) is 0 Å². The summed E-state index contributed by atoms with van der Waals surface area (Å²) in [6, 6.07) is 7.51. The fourth-order valence-corrected chi connectivity index (χ4v) is 6.62. The molecule has 9 nitrogen and oxygen atoms in total. The molecule has 0 unspecified atom stereocenters. The van der Waals surface area contributed by atoms with Crippen LogP contribution in [0.4, 0.5) is 16.3 Å². The SMILES string of the molecule is C=C(C)/N=C(\SCC)S(=O)(=O)C1(c2cc(N)nc(-c3ccc(NC(N)=O)cc3)n2)CC1. The third-order valence-corrected chi connectivity index (χ3v) is 8.46. The Morgan fingerprint density at radius 2 is 1.94 bits per heavy atom. The van der Waals surface area contributed by atoms with Gasteiger partial charge < -0.3 is 16.8 Å². The molecule has 0 radical (unpaired) electrons. The third-order valence-electron chi connectivity index (χ3n) is 4.62. The molecular weight excluding hydrogens is 436 g/mol. The lowest BCUT2D eigenvalue weighted by atomic mass is 10.1. The predicted octanol–water partition coefficient (Wildman–Crippen LogP) is 3.26. The topological polar surface area (TPSA) is 153 Å². The van der Waals surface area contributed by atoms with Crippen LogP contribution in [0.3, 0.4) is 0 Å². The Kier molecular flexibility index (Phi) is 6.37. The van der Waals surface area contributed by atoms with Crippen LogP contribution in [0.1, 0.15) is 32.4 Å². The molecule has 1 aromatic heterocycles. The standard InChI is InChI=1S/C20H24N6O3S2/c1-4-30-19(23-12(2)3)31(28,29)20(9-10-20)15-11-16(21)26-17(25-15)13-5-7-14(8-6-13)24-18(22)27/h5-8,11H,2,4,9-10H2,1,3H3,(H2,21,25,26)(H3,22,24,27)/b23-19+. The van der Waals surface area contributed by atoms with Crippen molar-refractivity contribution in [2.45, 2.75) is 31.4 Å². The van der Waals surface area contributed by atoms with E-state index in [-0.39, 0.29) is 10.2 Å². The number of primary amides is 1. The molecule has 164 valence electrons. The number of aliphatic imine (C=N–C) groups is 1. The fraction of sp³-hybridized carbons (Fsp3) is 0.300. The van der Waals surface area contributed by atoms with Gasteiger partial charge in [0.05, 0.1) is 5.69 Å². The smallest absolute Gasteiger partial charge is 0.316 e. The van der Waals surface area contributed by atoms with Crippen molar-refractivity contribution < 1.29 is 13.2 Å². The Morgan fingerprint density at radius 3 is 2.45 bits per heavy atom. The van der Waals surface area contributed by atoms with Crippen LogP contribution < -0.4 is 16.8 Å². The highest BCUT2D eigenvalue weighted by molar-refractivity contribution is 8.35. The molecule has 1 fully saturated rings. The van der Waals surface area contributed by atoms with Crippen LogP contribution >= 0.6 is 11.8 Å². The molecule has 1 saturated carbocycles. The summed E-state index contributed by atoms with van der Waals surface area (Å²) in [5, 5.41) is 2.47. The first-order valence-corrected chi connectivity index (χ1v) is 12.0. The zero-order valence-corrected chi connectivity index (χ0v) is 18.9. The van der Waals surface area contributed by atoms with Crippen LogP contribution in [-0.4, -0.2) is 34.5 Å². The average Bonchev–Trinajstić information content (AvgIpc) is 3.49. The molecule has 0 atom stereocenters. The summed E-state index contributed by atoms with van der Waals surface area (Å²) in [6.07, 6.45) is 0.846. The lowest BCUT2D eigenvalue weighted by molar-refractivity contribution is 0.259. The average molecular weight is 461 g/mol. The summed E-state index contributed by atoms with van der Waals surface area (Å²) in [5.74, 6) is 1.02. The molecule has 0 saturated heterocycles. The molecule has 2 amide bonds. The highest BCUT2D eigenvalue weighted by Crippen LogP contribution is 2.54. The van der Waals surface area contributed by atoms with Crippen LogP contribution in [-0.2, 0) is 14.6 Å². The van der Waals surface area contributed by atoms with E-state index in [0.717, 1.165) is 0 Å². The number of nitrogens with two attached hydrogens (primary N) is 2. The second kappa shape index (κ2) is 8.67. The summed E-state index contributed by atoms with van der Waals surface area (Å²) in [6.45, 7) is 7.24. The largest absolute Gasteiger partial charge is 0.384 e. The van der Waals surface area contributed by atoms with Crippen LogP contribution in [0.5, 0.6) is 0 Å². The summed E-state index contributed by atoms with van der Waals surface area (Å²) < 4.78 is 25.9. The Bertz CT molecular complexity index is 1160. The minimum atomic E-state index is -3.79. The van der Waals surface area contributed by atoms with Gasteiger partial charge in [-0.3, -0.25) is 0 Å². The summed E-state index contributed by atoms with van der Waals surface area (Å²) in [4.78, 5) is 24.0. The molecule has 1 aliphatic rings. The number of sulfone groups is 1. The van der Waals surface area contributed by atoms with Crippen LogP contribution in [0.15, 0.2) is 47.6 Å². The first kappa shape index (κ1) is 22.8. The predicted molar refractivity (Wildman–Crippen MR) is 125 cm³/mol. The number of allylic oxidation sites excluding steroid dienone is 1. The molecule has 0 aliphatic heterocycles. The van der Waals surface area contributed by atoms with Crippen molar-refractivity contribution in [1.29, 1.82) is 0 Å². The van der Waals surface area contributed by atoms with E-state index in [0.29, 0.717) is 47.1 Å². The van der Waals surface area contributed by atoms with Gasteiger partial charge in [-0.1, -0.05) is 25.3 Å². The third kappa shape index (κ3) is 4.72. The second-order valence-corrected chi connectivity index (χ2v) is 10.8. The van der Waals surface area contributed by atoms with Crippen LogP contribution in [0.25, 0.3) is 11.4 Å². The van der Waals surface area contributed by atoms with E-state index in [1.807, 2.05) is 6.92 Å². The number of rotatable bonds is 6. The first-order valence-electron chi connectivity index (χ1n) is 9.52. The van der Waals surface area contributed by atoms with Crippen molar-refractivity contribution in [3.8, 4) is 11.4 Å². The van der Waals surface area contributed by atoms with Gasteiger partial charge in [0.2, 0.25) is 9.84 Å².